The molecule has 1 aliphatic carbocycles. The number of methoxy groups -OCH3 is 1. The molecule has 1 saturated carbocycles. The number of ether oxygens (including phenoxy) is 1. The molecule has 0 aromatic carbocycles. The Labute approximate surface area is 97.2 Å². The van der Waals surface area contributed by atoms with Crippen LogP contribution in [0.5, 0.6) is 0 Å². The van der Waals surface area contributed by atoms with Crippen molar-refractivity contribution >= 4 is 0 Å². The van der Waals surface area contributed by atoms with Crippen molar-refractivity contribution in [3.63, 3.8) is 0 Å². The Morgan fingerprint density at radius 1 is 1.50 bits per heavy atom. The number of furan rings is 1. The summed E-state index contributed by atoms with van der Waals surface area (Å²) in [5.74, 6) is 0. The van der Waals surface area contributed by atoms with Crippen LogP contribution in [0.4, 0.5) is 0 Å². The molecule has 2 rings (SSSR count). The van der Waals surface area contributed by atoms with Crippen LogP contribution in [0.25, 0.3) is 0 Å². The maximum atomic E-state index is 5.83. The quantitative estimate of drug-likeness (QED) is 0.833. The van der Waals surface area contributed by atoms with Gasteiger partial charge < -0.3 is 14.5 Å². The topological polar surface area (TPSA) is 34.4 Å². The summed E-state index contributed by atoms with van der Waals surface area (Å²) in [6.07, 6.45) is 8.34. The molecule has 0 amide bonds. The molecule has 1 aromatic heterocycles. The summed E-state index contributed by atoms with van der Waals surface area (Å²) in [4.78, 5) is 0. The van der Waals surface area contributed by atoms with Crippen molar-refractivity contribution in [3.05, 3.63) is 24.2 Å². The van der Waals surface area contributed by atoms with Crippen LogP contribution in [0, 0.1) is 0 Å². The standard InChI is InChI=1S/C13H21NO2/c1-3-14-12(11-6-9-16-10-11)13(15-2)7-4-5-8-13/h6,9-10,12,14H,3-5,7-8H2,1-2H3. The fourth-order valence-corrected chi connectivity index (χ4v) is 2.84. The largest absolute Gasteiger partial charge is 0.472 e. The highest BCUT2D eigenvalue weighted by Gasteiger charge is 2.42. The van der Waals surface area contributed by atoms with Gasteiger partial charge in [-0.15, -0.1) is 0 Å². The van der Waals surface area contributed by atoms with E-state index < -0.39 is 0 Å². The first-order valence-corrected chi connectivity index (χ1v) is 6.13. The molecule has 0 radical (unpaired) electrons. The molecule has 1 unspecified atom stereocenters. The highest BCUT2D eigenvalue weighted by atomic mass is 16.5. The smallest absolute Gasteiger partial charge is 0.0951 e. The SMILES string of the molecule is CCNC(c1ccoc1)C1(OC)CCCC1. The van der Waals surface area contributed by atoms with Gasteiger partial charge in [-0.25, -0.2) is 0 Å². The summed E-state index contributed by atoms with van der Waals surface area (Å²) in [6, 6.07) is 2.29. The van der Waals surface area contributed by atoms with E-state index in [1.54, 1.807) is 6.26 Å². The van der Waals surface area contributed by atoms with Crippen LogP contribution in [-0.4, -0.2) is 19.3 Å². The van der Waals surface area contributed by atoms with Crippen molar-refractivity contribution < 1.29 is 9.15 Å². The number of hydrogen-bond donors (Lipinski definition) is 1. The molecule has 16 heavy (non-hydrogen) atoms. The zero-order valence-corrected chi connectivity index (χ0v) is 10.2. The molecule has 0 spiro atoms. The van der Waals surface area contributed by atoms with E-state index in [4.69, 9.17) is 9.15 Å². The molecule has 3 heteroatoms. The first kappa shape index (κ1) is 11.7. The van der Waals surface area contributed by atoms with Crippen molar-refractivity contribution in [2.24, 2.45) is 0 Å². The predicted molar refractivity (Wildman–Crippen MR) is 63.3 cm³/mol. The van der Waals surface area contributed by atoms with Gasteiger partial charge >= 0.3 is 0 Å². The van der Waals surface area contributed by atoms with Crippen molar-refractivity contribution in [1.29, 1.82) is 0 Å². The number of hydrogen-bond acceptors (Lipinski definition) is 3. The van der Waals surface area contributed by atoms with Gasteiger partial charge in [0.2, 0.25) is 0 Å². The van der Waals surface area contributed by atoms with Crippen molar-refractivity contribution in [3.8, 4) is 0 Å². The van der Waals surface area contributed by atoms with Crippen LogP contribution in [0.15, 0.2) is 23.0 Å². The fourth-order valence-electron chi connectivity index (χ4n) is 2.84. The molecule has 1 aromatic rings. The summed E-state index contributed by atoms with van der Waals surface area (Å²) < 4.78 is 11.0. The lowest BCUT2D eigenvalue weighted by atomic mass is 9.88. The minimum atomic E-state index is -0.0418. The summed E-state index contributed by atoms with van der Waals surface area (Å²) >= 11 is 0. The van der Waals surface area contributed by atoms with Gasteiger partial charge in [-0.2, -0.15) is 0 Å². The molecular weight excluding hydrogens is 202 g/mol. The van der Waals surface area contributed by atoms with E-state index in [1.165, 1.54) is 18.4 Å². The highest BCUT2D eigenvalue weighted by Crippen LogP contribution is 2.42. The molecule has 1 heterocycles. The maximum Gasteiger partial charge on any atom is 0.0951 e. The summed E-state index contributed by atoms with van der Waals surface area (Å²) in [7, 11) is 1.83. The summed E-state index contributed by atoms with van der Waals surface area (Å²) in [6.45, 7) is 3.08. The summed E-state index contributed by atoms with van der Waals surface area (Å²) in [5.41, 5.74) is 1.16. The van der Waals surface area contributed by atoms with Crippen LogP contribution in [0.3, 0.4) is 0 Å². The van der Waals surface area contributed by atoms with Crippen LogP contribution in [0.1, 0.15) is 44.2 Å². The lowest BCUT2D eigenvalue weighted by Crippen LogP contribution is -2.43. The molecule has 1 fully saturated rings. The molecule has 1 aliphatic rings. The highest BCUT2D eigenvalue weighted by molar-refractivity contribution is 5.18. The molecule has 0 saturated heterocycles. The number of likely N-dealkylation sites (N-methyl/N-ethyl adjacent to an activating group) is 1. The van der Waals surface area contributed by atoms with Crippen molar-refractivity contribution in [2.45, 2.75) is 44.2 Å². The average Bonchev–Trinajstić information content (AvgIpc) is 2.98. The maximum absolute atomic E-state index is 5.83. The predicted octanol–water partition coefficient (Wildman–Crippen LogP) is 2.89. The van der Waals surface area contributed by atoms with Crippen LogP contribution in [0.2, 0.25) is 0 Å². The second kappa shape index (κ2) is 5.02. The normalized spacial score (nSPS) is 21.1. The van der Waals surface area contributed by atoms with Gasteiger partial charge in [0.25, 0.3) is 0 Å². The third-order valence-electron chi connectivity index (χ3n) is 3.67. The second-order valence-electron chi connectivity index (χ2n) is 4.52. The van der Waals surface area contributed by atoms with E-state index in [0.717, 1.165) is 19.4 Å². The third-order valence-corrected chi connectivity index (χ3v) is 3.67. The van der Waals surface area contributed by atoms with Crippen molar-refractivity contribution in [2.75, 3.05) is 13.7 Å². The molecule has 1 N–H and O–H groups in total. The minimum Gasteiger partial charge on any atom is -0.472 e. The molecule has 0 aliphatic heterocycles. The van der Waals surface area contributed by atoms with Gasteiger partial charge in [-0.3, -0.25) is 0 Å². The zero-order valence-electron chi connectivity index (χ0n) is 10.2. The minimum absolute atomic E-state index is 0.0418. The van der Waals surface area contributed by atoms with Gasteiger partial charge in [0.05, 0.1) is 24.2 Å². The van der Waals surface area contributed by atoms with E-state index in [9.17, 15) is 0 Å². The second-order valence-corrected chi connectivity index (χ2v) is 4.52. The first-order valence-electron chi connectivity index (χ1n) is 6.13. The fraction of sp³-hybridized carbons (Fsp3) is 0.692. The van der Waals surface area contributed by atoms with Crippen LogP contribution < -0.4 is 5.32 Å². The van der Waals surface area contributed by atoms with E-state index in [1.807, 2.05) is 19.4 Å². The van der Waals surface area contributed by atoms with E-state index in [-0.39, 0.29) is 11.6 Å². The third kappa shape index (κ3) is 2.02. The molecule has 1 atom stereocenters. The number of rotatable bonds is 5. The van der Waals surface area contributed by atoms with Gasteiger partial charge in [-0.1, -0.05) is 19.8 Å². The first-order chi connectivity index (χ1) is 7.82. The summed E-state index contributed by atoms with van der Waals surface area (Å²) in [5, 5.41) is 3.53. The Bertz CT molecular complexity index is 302. The molecule has 3 nitrogen and oxygen atoms in total. The monoisotopic (exact) mass is 223 g/mol. The van der Waals surface area contributed by atoms with E-state index >= 15 is 0 Å². The molecule has 0 bridgehead atoms. The van der Waals surface area contributed by atoms with Gasteiger partial charge in [0.15, 0.2) is 0 Å². The van der Waals surface area contributed by atoms with Crippen molar-refractivity contribution in [1.82, 2.24) is 5.32 Å². The van der Waals surface area contributed by atoms with Gasteiger partial charge in [0, 0.05) is 12.7 Å². The Morgan fingerprint density at radius 3 is 2.75 bits per heavy atom. The van der Waals surface area contributed by atoms with E-state index in [0.29, 0.717) is 0 Å². The Kier molecular flexibility index (Phi) is 3.66. The van der Waals surface area contributed by atoms with E-state index in [2.05, 4.69) is 12.2 Å². The molecule has 90 valence electrons. The Hall–Kier alpha value is -0.800. The molecular formula is C13H21NO2. The Morgan fingerprint density at radius 2 is 2.25 bits per heavy atom. The number of nitrogens with one attached hydrogen (secondary N) is 1. The lowest BCUT2D eigenvalue weighted by Gasteiger charge is -2.36. The lowest BCUT2D eigenvalue weighted by molar-refractivity contribution is -0.0365. The zero-order chi connectivity index (χ0) is 11.4. The van der Waals surface area contributed by atoms with Gasteiger partial charge in [0.1, 0.15) is 0 Å². The van der Waals surface area contributed by atoms with Gasteiger partial charge in [-0.05, 0) is 25.5 Å². The Balaban J connectivity index is 2.23. The van der Waals surface area contributed by atoms with Crippen LogP contribution >= 0.6 is 0 Å². The average molecular weight is 223 g/mol. The van der Waals surface area contributed by atoms with Crippen LogP contribution in [-0.2, 0) is 4.74 Å².